The lowest BCUT2D eigenvalue weighted by Crippen LogP contribution is -2.13. The maximum Gasteiger partial charge on any atom is 0.238 e. The molecule has 0 fully saturated rings. The highest BCUT2D eigenvalue weighted by atomic mass is 32.2. The molecule has 19 heavy (non-hydrogen) atoms. The summed E-state index contributed by atoms with van der Waals surface area (Å²) in [6, 6.07) is 3.04. The molecular formula is C13H21NO4S. The van der Waals surface area contributed by atoms with Crippen molar-refractivity contribution in [2.45, 2.75) is 32.1 Å². The first-order valence-electron chi connectivity index (χ1n) is 6.21. The molecule has 0 bridgehead atoms. The Labute approximate surface area is 114 Å². The van der Waals surface area contributed by atoms with Crippen LogP contribution in [-0.2, 0) is 14.8 Å². The van der Waals surface area contributed by atoms with Gasteiger partial charge in [-0.3, -0.25) is 0 Å². The topological polar surface area (TPSA) is 78.6 Å². The summed E-state index contributed by atoms with van der Waals surface area (Å²) in [6.07, 6.45) is 0.973. The summed E-state index contributed by atoms with van der Waals surface area (Å²) in [5.74, 6) is 0.687. The molecule has 0 amide bonds. The lowest BCUT2D eigenvalue weighted by molar-refractivity contribution is 0.100. The van der Waals surface area contributed by atoms with Gasteiger partial charge < -0.3 is 9.47 Å². The van der Waals surface area contributed by atoms with E-state index in [-0.39, 0.29) is 4.90 Å². The fraction of sp³-hybridized carbons (Fsp3) is 0.538. The summed E-state index contributed by atoms with van der Waals surface area (Å²) in [6.45, 7) is 7.31. The van der Waals surface area contributed by atoms with E-state index in [4.69, 9.17) is 14.6 Å². The van der Waals surface area contributed by atoms with Crippen molar-refractivity contribution in [3.63, 3.8) is 0 Å². The zero-order chi connectivity index (χ0) is 14.5. The smallest absolute Gasteiger partial charge is 0.238 e. The summed E-state index contributed by atoms with van der Waals surface area (Å²) in [4.78, 5) is 0.108. The van der Waals surface area contributed by atoms with Gasteiger partial charge in [-0.2, -0.15) is 0 Å². The van der Waals surface area contributed by atoms with Gasteiger partial charge in [0, 0.05) is 6.61 Å². The van der Waals surface area contributed by atoms with Crippen LogP contribution in [0.3, 0.4) is 0 Å². The van der Waals surface area contributed by atoms with Crippen molar-refractivity contribution in [1.82, 2.24) is 0 Å². The molecule has 0 heterocycles. The Morgan fingerprint density at radius 1 is 1.11 bits per heavy atom. The molecule has 0 aliphatic rings. The van der Waals surface area contributed by atoms with Crippen molar-refractivity contribution in [2.24, 2.45) is 5.14 Å². The minimum absolute atomic E-state index is 0.108. The fourth-order valence-corrected chi connectivity index (χ4v) is 2.43. The molecule has 108 valence electrons. The van der Waals surface area contributed by atoms with Gasteiger partial charge in [0.1, 0.15) is 12.4 Å². The number of primary sulfonamides is 1. The fourth-order valence-electron chi connectivity index (χ4n) is 1.75. The summed E-state index contributed by atoms with van der Waals surface area (Å²) in [5, 5.41) is 5.11. The number of sulfonamides is 1. The van der Waals surface area contributed by atoms with E-state index >= 15 is 0 Å². The van der Waals surface area contributed by atoms with Gasteiger partial charge in [-0.25, -0.2) is 13.6 Å². The number of nitrogens with two attached hydrogens (primary N) is 1. The molecule has 0 unspecified atom stereocenters. The van der Waals surface area contributed by atoms with E-state index < -0.39 is 10.0 Å². The highest BCUT2D eigenvalue weighted by Crippen LogP contribution is 2.26. The zero-order valence-electron chi connectivity index (χ0n) is 11.6. The van der Waals surface area contributed by atoms with Gasteiger partial charge in [0.25, 0.3) is 0 Å². The first-order valence-corrected chi connectivity index (χ1v) is 7.75. The number of benzene rings is 1. The number of aryl methyl sites for hydroxylation is 2. The van der Waals surface area contributed by atoms with Crippen LogP contribution >= 0.6 is 0 Å². The molecule has 5 nitrogen and oxygen atoms in total. The van der Waals surface area contributed by atoms with Crippen molar-refractivity contribution in [3.05, 3.63) is 23.3 Å². The van der Waals surface area contributed by atoms with Crippen LogP contribution < -0.4 is 9.88 Å². The van der Waals surface area contributed by atoms with E-state index in [0.29, 0.717) is 25.6 Å². The molecule has 6 heteroatoms. The minimum atomic E-state index is -3.68. The van der Waals surface area contributed by atoms with Crippen molar-refractivity contribution in [1.29, 1.82) is 0 Å². The summed E-state index contributed by atoms with van der Waals surface area (Å²) < 4.78 is 33.5. The van der Waals surface area contributed by atoms with Gasteiger partial charge in [0.15, 0.2) is 0 Å². The lowest BCUT2D eigenvalue weighted by Gasteiger charge is -2.13. The van der Waals surface area contributed by atoms with Crippen LogP contribution in [0.1, 0.15) is 24.5 Å². The maximum atomic E-state index is 11.3. The van der Waals surface area contributed by atoms with Gasteiger partial charge >= 0.3 is 0 Å². The van der Waals surface area contributed by atoms with Crippen LogP contribution in [0.2, 0.25) is 0 Å². The molecule has 0 saturated heterocycles. The van der Waals surface area contributed by atoms with Gasteiger partial charge in [0.2, 0.25) is 10.0 Å². The quantitative estimate of drug-likeness (QED) is 0.775. The Morgan fingerprint density at radius 2 is 1.68 bits per heavy atom. The first kappa shape index (κ1) is 15.9. The Bertz CT molecular complexity index is 502. The highest BCUT2D eigenvalue weighted by molar-refractivity contribution is 7.89. The Kier molecular flexibility index (Phi) is 5.78. The van der Waals surface area contributed by atoms with Crippen molar-refractivity contribution in [2.75, 3.05) is 19.8 Å². The van der Waals surface area contributed by atoms with Crippen LogP contribution in [0.25, 0.3) is 0 Å². The highest BCUT2D eigenvalue weighted by Gasteiger charge is 2.13. The van der Waals surface area contributed by atoms with Gasteiger partial charge in [-0.15, -0.1) is 0 Å². The van der Waals surface area contributed by atoms with Gasteiger partial charge in [-0.1, -0.05) is 6.92 Å². The molecule has 1 rings (SSSR count). The monoisotopic (exact) mass is 287 g/mol. The molecule has 0 aliphatic heterocycles. The second kappa shape index (κ2) is 6.88. The summed E-state index contributed by atoms with van der Waals surface area (Å²) in [7, 11) is -3.68. The van der Waals surface area contributed by atoms with E-state index in [9.17, 15) is 8.42 Å². The first-order chi connectivity index (χ1) is 8.86. The summed E-state index contributed by atoms with van der Waals surface area (Å²) in [5.41, 5.74) is 1.50. The van der Waals surface area contributed by atoms with Crippen molar-refractivity contribution < 1.29 is 17.9 Å². The number of hydrogen-bond acceptors (Lipinski definition) is 4. The third-order valence-corrected chi connectivity index (χ3v) is 3.48. The predicted octanol–water partition coefficient (Wildman–Crippen LogP) is 1.76. The number of ether oxygens (including phenoxy) is 2. The molecule has 0 spiro atoms. The largest absolute Gasteiger partial charge is 0.491 e. The van der Waals surface area contributed by atoms with Crippen LogP contribution in [0, 0.1) is 13.8 Å². The molecule has 2 N–H and O–H groups in total. The zero-order valence-corrected chi connectivity index (χ0v) is 12.4. The number of hydrogen-bond donors (Lipinski definition) is 1. The van der Waals surface area contributed by atoms with Crippen molar-refractivity contribution in [3.8, 4) is 5.75 Å². The Morgan fingerprint density at radius 3 is 2.16 bits per heavy atom. The summed E-state index contributed by atoms with van der Waals surface area (Å²) >= 11 is 0. The molecule has 0 saturated carbocycles. The third-order valence-electron chi connectivity index (χ3n) is 2.58. The molecular weight excluding hydrogens is 266 g/mol. The second-order valence-corrected chi connectivity index (χ2v) is 5.95. The average Bonchev–Trinajstić information content (AvgIpc) is 2.30. The standard InChI is InChI=1S/C13H21NO4S/c1-4-5-17-6-7-18-13-10(2)8-12(9-11(13)3)19(14,15)16/h8-9H,4-7H2,1-3H3,(H2,14,15,16). The molecule has 1 aromatic carbocycles. The van der Waals surface area contributed by atoms with Crippen LogP contribution in [0.5, 0.6) is 5.75 Å². The Balaban J connectivity index is 2.75. The SMILES string of the molecule is CCCOCCOc1c(C)cc(S(N)(=O)=O)cc1C. The van der Waals surface area contributed by atoms with Crippen molar-refractivity contribution >= 4 is 10.0 Å². The van der Waals surface area contributed by atoms with E-state index in [1.807, 2.05) is 6.92 Å². The van der Waals surface area contributed by atoms with Crippen LogP contribution in [-0.4, -0.2) is 28.2 Å². The maximum absolute atomic E-state index is 11.3. The molecule has 0 aliphatic carbocycles. The van der Waals surface area contributed by atoms with E-state index in [1.165, 1.54) is 12.1 Å². The number of rotatable bonds is 7. The third kappa shape index (κ3) is 4.81. The van der Waals surface area contributed by atoms with Crippen LogP contribution in [0.15, 0.2) is 17.0 Å². The minimum Gasteiger partial charge on any atom is -0.491 e. The van der Waals surface area contributed by atoms with E-state index in [1.54, 1.807) is 13.8 Å². The van der Waals surface area contributed by atoms with Gasteiger partial charge in [-0.05, 0) is 43.5 Å². The molecule has 1 aromatic rings. The van der Waals surface area contributed by atoms with Crippen LogP contribution in [0.4, 0.5) is 0 Å². The molecule has 0 radical (unpaired) electrons. The van der Waals surface area contributed by atoms with E-state index in [2.05, 4.69) is 0 Å². The normalized spacial score (nSPS) is 11.6. The second-order valence-electron chi connectivity index (χ2n) is 4.39. The predicted molar refractivity (Wildman–Crippen MR) is 73.9 cm³/mol. The average molecular weight is 287 g/mol. The Hall–Kier alpha value is -1.11. The molecule has 0 atom stereocenters. The van der Waals surface area contributed by atoms with Gasteiger partial charge in [0.05, 0.1) is 11.5 Å². The molecule has 0 aromatic heterocycles. The van der Waals surface area contributed by atoms with E-state index in [0.717, 1.165) is 17.5 Å². The lowest BCUT2D eigenvalue weighted by atomic mass is 10.1.